The van der Waals surface area contributed by atoms with Crippen LogP contribution >= 0.6 is 23.2 Å². The van der Waals surface area contributed by atoms with Crippen LogP contribution in [-0.4, -0.2) is 49.7 Å². The van der Waals surface area contributed by atoms with E-state index in [1.54, 1.807) is 18.2 Å². The Kier molecular flexibility index (Phi) is 5.53. The smallest absolute Gasteiger partial charge is 0.255 e. The van der Waals surface area contributed by atoms with Crippen molar-refractivity contribution in [1.82, 2.24) is 9.21 Å². The van der Waals surface area contributed by atoms with Crippen LogP contribution in [0.5, 0.6) is 0 Å². The van der Waals surface area contributed by atoms with Gasteiger partial charge in [-0.1, -0.05) is 35.3 Å². The zero-order chi connectivity index (χ0) is 18.9. The van der Waals surface area contributed by atoms with Gasteiger partial charge in [0.1, 0.15) is 5.82 Å². The Morgan fingerprint density at radius 2 is 1.65 bits per heavy atom. The summed E-state index contributed by atoms with van der Waals surface area (Å²) < 4.78 is 39.8. The molecule has 0 bridgehead atoms. The predicted octanol–water partition coefficient (Wildman–Crippen LogP) is 3.28. The van der Waals surface area contributed by atoms with Crippen LogP contribution in [0.3, 0.4) is 0 Å². The van der Waals surface area contributed by atoms with Gasteiger partial charge in [0.15, 0.2) is 0 Å². The standard InChI is InChI=1S/C17H15Cl2FN2O3S/c18-15-6-2-5-14(16(15)19)17(23)21-7-9-22(10-8-21)26(24,25)13-4-1-3-12(20)11-13/h1-6,11H,7-10H2. The Hall–Kier alpha value is -1.67. The van der Waals surface area contributed by atoms with E-state index in [0.29, 0.717) is 0 Å². The Bertz CT molecular complexity index is 945. The molecule has 0 N–H and O–H groups in total. The Labute approximate surface area is 161 Å². The minimum Gasteiger partial charge on any atom is -0.336 e. The lowest BCUT2D eigenvalue weighted by Crippen LogP contribution is -2.50. The first-order chi connectivity index (χ1) is 12.3. The van der Waals surface area contributed by atoms with E-state index in [9.17, 15) is 17.6 Å². The number of halogens is 3. The van der Waals surface area contributed by atoms with Gasteiger partial charge in [0.2, 0.25) is 10.0 Å². The average Bonchev–Trinajstić information content (AvgIpc) is 2.63. The van der Waals surface area contributed by atoms with Crippen molar-refractivity contribution < 1.29 is 17.6 Å². The van der Waals surface area contributed by atoms with E-state index in [0.717, 1.165) is 6.07 Å². The van der Waals surface area contributed by atoms with E-state index in [1.807, 2.05) is 0 Å². The summed E-state index contributed by atoms with van der Waals surface area (Å²) in [5, 5.41) is 0.457. The van der Waals surface area contributed by atoms with Gasteiger partial charge >= 0.3 is 0 Å². The first-order valence-corrected chi connectivity index (χ1v) is 9.99. The first kappa shape index (κ1) is 19.1. The lowest BCUT2D eigenvalue weighted by Gasteiger charge is -2.34. The van der Waals surface area contributed by atoms with Gasteiger partial charge in [-0.25, -0.2) is 12.8 Å². The highest BCUT2D eigenvalue weighted by molar-refractivity contribution is 7.89. The van der Waals surface area contributed by atoms with Gasteiger partial charge in [0, 0.05) is 26.2 Å². The van der Waals surface area contributed by atoms with Gasteiger partial charge < -0.3 is 4.90 Å². The molecule has 2 aromatic carbocycles. The van der Waals surface area contributed by atoms with Crippen LogP contribution in [0.2, 0.25) is 10.0 Å². The molecule has 3 rings (SSSR count). The summed E-state index contributed by atoms with van der Waals surface area (Å²) in [6.45, 7) is 0.637. The van der Waals surface area contributed by atoms with Crippen LogP contribution in [0.4, 0.5) is 4.39 Å². The van der Waals surface area contributed by atoms with Crippen LogP contribution in [0.15, 0.2) is 47.4 Å². The quantitative estimate of drug-likeness (QED) is 0.771. The van der Waals surface area contributed by atoms with E-state index in [1.165, 1.54) is 27.4 Å². The fraction of sp³-hybridized carbons (Fsp3) is 0.235. The SMILES string of the molecule is O=C(c1cccc(Cl)c1Cl)N1CCN(S(=O)(=O)c2cccc(F)c2)CC1. The molecule has 1 amide bonds. The minimum atomic E-state index is -3.80. The van der Waals surface area contributed by atoms with Gasteiger partial charge in [-0.3, -0.25) is 4.79 Å². The molecule has 26 heavy (non-hydrogen) atoms. The second-order valence-electron chi connectivity index (χ2n) is 5.76. The third-order valence-corrected chi connectivity index (χ3v) is 6.86. The topological polar surface area (TPSA) is 57.7 Å². The highest BCUT2D eigenvalue weighted by Gasteiger charge is 2.31. The average molecular weight is 417 g/mol. The zero-order valence-corrected chi connectivity index (χ0v) is 15.9. The molecule has 1 aliphatic heterocycles. The molecule has 138 valence electrons. The number of sulfonamides is 1. The lowest BCUT2D eigenvalue weighted by molar-refractivity contribution is 0.0698. The van der Waals surface area contributed by atoms with Crippen molar-refractivity contribution in [2.45, 2.75) is 4.90 Å². The molecule has 0 aromatic heterocycles. The van der Waals surface area contributed by atoms with Crippen LogP contribution in [-0.2, 0) is 10.0 Å². The molecule has 0 spiro atoms. The van der Waals surface area contributed by atoms with Crippen LogP contribution in [0.1, 0.15) is 10.4 Å². The number of carbonyl (C=O) groups excluding carboxylic acids is 1. The number of benzene rings is 2. The van der Waals surface area contributed by atoms with Gasteiger partial charge in [-0.2, -0.15) is 4.31 Å². The Balaban J connectivity index is 1.73. The summed E-state index contributed by atoms with van der Waals surface area (Å²) in [6, 6.07) is 9.66. The molecular weight excluding hydrogens is 402 g/mol. The summed E-state index contributed by atoms with van der Waals surface area (Å²) in [5.74, 6) is -0.921. The van der Waals surface area contributed by atoms with Crippen molar-refractivity contribution in [1.29, 1.82) is 0 Å². The lowest BCUT2D eigenvalue weighted by atomic mass is 10.2. The molecule has 1 fully saturated rings. The fourth-order valence-electron chi connectivity index (χ4n) is 2.75. The van der Waals surface area contributed by atoms with E-state index in [4.69, 9.17) is 23.2 Å². The largest absolute Gasteiger partial charge is 0.336 e. The molecule has 0 saturated carbocycles. The highest BCUT2D eigenvalue weighted by Crippen LogP contribution is 2.27. The summed E-state index contributed by atoms with van der Waals surface area (Å²) in [4.78, 5) is 14.0. The maximum absolute atomic E-state index is 13.3. The molecular formula is C17H15Cl2FN2O3S. The van der Waals surface area contributed by atoms with Crippen LogP contribution in [0, 0.1) is 5.82 Å². The van der Waals surface area contributed by atoms with Crippen molar-refractivity contribution in [2.75, 3.05) is 26.2 Å². The van der Waals surface area contributed by atoms with Crippen molar-refractivity contribution in [3.8, 4) is 0 Å². The summed E-state index contributed by atoms with van der Waals surface area (Å²) in [5.41, 5.74) is 0.278. The predicted molar refractivity (Wildman–Crippen MR) is 97.5 cm³/mol. The third-order valence-electron chi connectivity index (χ3n) is 4.14. The molecule has 1 heterocycles. The minimum absolute atomic E-state index is 0.102. The molecule has 0 unspecified atom stereocenters. The number of carbonyl (C=O) groups is 1. The molecule has 0 radical (unpaired) electrons. The van der Waals surface area contributed by atoms with Gasteiger partial charge in [0.05, 0.1) is 20.5 Å². The second-order valence-corrected chi connectivity index (χ2v) is 8.48. The highest BCUT2D eigenvalue weighted by atomic mass is 35.5. The van der Waals surface area contributed by atoms with Crippen molar-refractivity contribution in [2.24, 2.45) is 0 Å². The number of amides is 1. The summed E-state index contributed by atoms with van der Waals surface area (Å²) in [7, 11) is -3.80. The Morgan fingerprint density at radius 3 is 2.31 bits per heavy atom. The maximum atomic E-state index is 13.3. The van der Waals surface area contributed by atoms with Crippen molar-refractivity contribution in [3.63, 3.8) is 0 Å². The second kappa shape index (κ2) is 7.52. The van der Waals surface area contributed by atoms with Gasteiger partial charge in [-0.15, -0.1) is 0 Å². The molecule has 9 heteroatoms. The number of rotatable bonds is 3. The number of piperazine rings is 1. The van der Waals surface area contributed by atoms with Gasteiger partial charge in [-0.05, 0) is 30.3 Å². The monoisotopic (exact) mass is 416 g/mol. The summed E-state index contributed by atoms with van der Waals surface area (Å²) >= 11 is 12.0. The number of hydrogen-bond acceptors (Lipinski definition) is 3. The number of hydrogen-bond donors (Lipinski definition) is 0. The summed E-state index contributed by atoms with van der Waals surface area (Å²) in [6.07, 6.45) is 0. The maximum Gasteiger partial charge on any atom is 0.255 e. The zero-order valence-electron chi connectivity index (χ0n) is 13.5. The molecule has 2 aromatic rings. The number of nitrogens with zero attached hydrogens (tertiary/aromatic N) is 2. The van der Waals surface area contributed by atoms with Crippen molar-refractivity contribution in [3.05, 3.63) is 63.9 Å². The molecule has 5 nitrogen and oxygen atoms in total. The normalized spacial score (nSPS) is 15.9. The van der Waals surface area contributed by atoms with Crippen LogP contribution < -0.4 is 0 Å². The molecule has 1 aliphatic rings. The molecule has 0 aliphatic carbocycles. The van der Waals surface area contributed by atoms with E-state index < -0.39 is 15.8 Å². The van der Waals surface area contributed by atoms with E-state index in [2.05, 4.69) is 0 Å². The molecule has 0 atom stereocenters. The fourth-order valence-corrected chi connectivity index (χ4v) is 4.58. The first-order valence-electron chi connectivity index (χ1n) is 7.80. The van der Waals surface area contributed by atoms with Crippen molar-refractivity contribution >= 4 is 39.1 Å². The van der Waals surface area contributed by atoms with E-state index >= 15 is 0 Å². The Morgan fingerprint density at radius 1 is 1.00 bits per heavy atom. The third kappa shape index (κ3) is 3.71. The van der Waals surface area contributed by atoms with Gasteiger partial charge in [0.25, 0.3) is 5.91 Å². The van der Waals surface area contributed by atoms with E-state index in [-0.39, 0.29) is 52.6 Å². The van der Waals surface area contributed by atoms with Crippen LogP contribution in [0.25, 0.3) is 0 Å². The molecule has 1 saturated heterocycles.